The van der Waals surface area contributed by atoms with Crippen molar-refractivity contribution in [1.82, 2.24) is 0 Å². The summed E-state index contributed by atoms with van der Waals surface area (Å²) in [4.78, 5) is 0. The van der Waals surface area contributed by atoms with Gasteiger partial charge in [-0.25, -0.2) is 0 Å². The van der Waals surface area contributed by atoms with Crippen LogP contribution >= 0.6 is 0 Å². The molecular weight excluding hydrogens is 112 g/mol. The van der Waals surface area contributed by atoms with Crippen molar-refractivity contribution in [3.8, 4) is 0 Å². The molecule has 50 valence electrons. The van der Waals surface area contributed by atoms with Gasteiger partial charge in [0.25, 0.3) is 0 Å². The second-order valence-electron chi connectivity index (χ2n) is 1.89. The van der Waals surface area contributed by atoms with Crippen molar-refractivity contribution in [2.75, 3.05) is 6.61 Å². The number of hydrogen-bond acceptors (Lipinski definition) is 4. The van der Waals surface area contributed by atoms with Gasteiger partial charge in [-0.3, -0.25) is 0 Å². The maximum absolute atomic E-state index is 8.65. The maximum Gasteiger partial charge on any atom is 0.183 e. The van der Waals surface area contributed by atoms with E-state index in [0.29, 0.717) is 0 Å². The second kappa shape index (κ2) is 2.41. The maximum atomic E-state index is 8.65. The number of aliphatic hydroxyl groups excluding tert-OH is 2. The fourth-order valence-corrected chi connectivity index (χ4v) is 0.0816. The lowest BCUT2D eigenvalue weighted by atomic mass is 10.1. The summed E-state index contributed by atoms with van der Waals surface area (Å²) in [5.41, 5.74) is -1.79. The lowest BCUT2D eigenvalue weighted by molar-refractivity contribution is -0.190. The van der Waals surface area contributed by atoms with Gasteiger partial charge in [-0.2, -0.15) is 0 Å². The first-order valence-corrected chi connectivity index (χ1v) is 2.20. The minimum atomic E-state index is -1.88. The molecule has 1 unspecified atom stereocenters. The topological polar surface area (TPSA) is 80.9 Å². The van der Waals surface area contributed by atoms with Crippen LogP contribution in [0.3, 0.4) is 0 Å². The molecule has 0 aliphatic rings. The zero-order valence-electron chi connectivity index (χ0n) is 4.57. The summed E-state index contributed by atoms with van der Waals surface area (Å²) in [7, 11) is 0. The summed E-state index contributed by atoms with van der Waals surface area (Å²) in [6.45, 7) is 0.461. The molecule has 4 heteroatoms. The van der Waals surface area contributed by atoms with Crippen molar-refractivity contribution in [2.24, 2.45) is 0 Å². The average molecular weight is 122 g/mol. The van der Waals surface area contributed by atoms with E-state index in [1.54, 1.807) is 0 Å². The molecule has 0 aromatic heterocycles. The molecule has 0 rings (SSSR count). The Morgan fingerprint density at radius 1 is 1.50 bits per heavy atom. The van der Waals surface area contributed by atoms with Crippen LogP contribution in [0.5, 0.6) is 0 Å². The van der Waals surface area contributed by atoms with Crippen LogP contribution in [0.1, 0.15) is 6.92 Å². The normalized spacial score (nSPS) is 18.8. The van der Waals surface area contributed by atoms with Crippen LogP contribution < -0.4 is 0 Å². The van der Waals surface area contributed by atoms with Gasteiger partial charge < -0.3 is 20.4 Å². The summed E-state index contributed by atoms with van der Waals surface area (Å²) in [6, 6.07) is 0. The third-order valence-corrected chi connectivity index (χ3v) is 0.876. The van der Waals surface area contributed by atoms with Crippen molar-refractivity contribution < 1.29 is 20.4 Å². The minimum absolute atomic E-state index is 0.662. The van der Waals surface area contributed by atoms with Gasteiger partial charge >= 0.3 is 0 Å². The zero-order valence-corrected chi connectivity index (χ0v) is 4.57. The molecule has 0 aliphatic carbocycles. The third kappa shape index (κ3) is 1.75. The molecule has 4 nitrogen and oxygen atoms in total. The Balaban J connectivity index is 3.71. The van der Waals surface area contributed by atoms with Crippen LogP contribution in [0.25, 0.3) is 0 Å². The highest BCUT2D eigenvalue weighted by Crippen LogP contribution is 2.04. The van der Waals surface area contributed by atoms with Crippen molar-refractivity contribution >= 4 is 0 Å². The number of hydrogen-bond donors (Lipinski definition) is 4. The van der Waals surface area contributed by atoms with E-state index in [9.17, 15) is 0 Å². The Morgan fingerprint density at radius 2 is 1.88 bits per heavy atom. The SMILES string of the molecule is CC(O)(CO)C(O)O. The first-order valence-electron chi connectivity index (χ1n) is 2.20. The zero-order chi connectivity index (χ0) is 6.78. The van der Waals surface area contributed by atoms with Crippen molar-refractivity contribution in [1.29, 1.82) is 0 Å². The summed E-state index contributed by atoms with van der Waals surface area (Å²) < 4.78 is 0. The Bertz CT molecular complexity index is 68.4. The standard InChI is InChI=1S/C4H10O4/c1-4(8,2-5)3(6)7/h3,5-8H,2H2,1H3. The van der Waals surface area contributed by atoms with Gasteiger partial charge in [0.15, 0.2) is 6.29 Å². The molecule has 0 aromatic carbocycles. The monoisotopic (exact) mass is 122 g/mol. The summed E-state index contributed by atoms with van der Waals surface area (Å²) in [5.74, 6) is 0. The van der Waals surface area contributed by atoms with Gasteiger partial charge in [0.05, 0.1) is 6.61 Å². The van der Waals surface area contributed by atoms with E-state index in [1.165, 1.54) is 0 Å². The first-order chi connectivity index (χ1) is 3.50. The summed E-state index contributed by atoms with van der Waals surface area (Å²) in [5, 5.41) is 33.3. The molecular formula is C4H10O4. The second-order valence-corrected chi connectivity index (χ2v) is 1.89. The van der Waals surface area contributed by atoms with Crippen molar-refractivity contribution in [2.45, 2.75) is 18.8 Å². The van der Waals surface area contributed by atoms with Crippen LogP contribution in [0.2, 0.25) is 0 Å². The summed E-state index contributed by atoms with van der Waals surface area (Å²) in [6.07, 6.45) is -1.88. The smallest absolute Gasteiger partial charge is 0.183 e. The minimum Gasteiger partial charge on any atom is -0.393 e. The fourth-order valence-electron chi connectivity index (χ4n) is 0.0816. The van der Waals surface area contributed by atoms with Crippen LogP contribution in [0, 0.1) is 0 Å². The molecule has 0 radical (unpaired) electrons. The van der Waals surface area contributed by atoms with Gasteiger partial charge in [0.1, 0.15) is 5.60 Å². The Hall–Kier alpha value is -0.160. The molecule has 0 bridgehead atoms. The van der Waals surface area contributed by atoms with Crippen molar-refractivity contribution in [3.05, 3.63) is 0 Å². The van der Waals surface area contributed by atoms with E-state index in [1.807, 2.05) is 0 Å². The van der Waals surface area contributed by atoms with Crippen LogP contribution in [-0.4, -0.2) is 38.9 Å². The van der Waals surface area contributed by atoms with E-state index in [2.05, 4.69) is 0 Å². The summed E-state index contributed by atoms with van der Waals surface area (Å²) >= 11 is 0. The van der Waals surface area contributed by atoms with Crippen LogP contribution in [-0.2, 0) is 0 Å². The highest BCUT2D eigenvalue weighted by atomic mass is 16.5. The lowest BCUT2D eigenvalue weighted by Gasteiger charge is -2.21. The molecule has 4 N–H and O–H groups in total. The van der Waals surface area contributed by atoms with E-state index < -0.39 is 18.5 Å². The van der Waals surface area contributed by atoms with E-state index in [0.717, 1.165) is 6.92 Å². The molecule has 0 saturated carbocycles. The molecule has 0 aliphatic heterocycles. The number of rotatable bonds is 2. The highest BCUT2D eigenvalue weighted by molar-refractivity contribution is 4.71. The Kier molecular flexibility index (Phi) is 2.36. The van der Waals surface area contributed by atoms with Gasteiger partial charge in [-0.05, 0) is 6.92 Å². The van der Waals surface area contributed by atoms with E-state index >= 15 is 0 Å². The quantitative estimate of drug-likeness (QED) is 0.321. The average Bonchev–Trinajstić information content (AvgIpc) is 1.67. The predicted molar refractivity (Wildman–Crippen MR) is 25.9 cm³/mol. The van der Waals surface area contributed by atoms with E-state index in [-0.39, 0.29) is 0 Å². The molecule has 0 spiro atoms. The lowest BCUT2D eigenvalue weighted by Crippen LogP contribution is -2.42. The molecule has 0 heterocycles. The first kappa shape index (κ1) is 7.84. The number of aliphatic hydroxyl groups is 4. The highest BCUT2D eigenvalue weighted by Gasteiger charge is 2.26. The van der Waals surface area contributed by atoms with Gasteiger partial charge in [0, 0.05) is 0 Å². The van der Waals surface area contributed by atoms with Crippen LogP contribution in [0.4, 0.5) is 0 Å². The van der Waals surface area contributed by atoms with Gasteiger partial charge in [-0.1, -0.05) is 0 Å². The van der Waals surface area contributed by atoms with Gasteiger partial charge in [0.2, 0.25) is 0 Å². The molecule has 0 saturated heterocycles. The Labute approximate surface area is 47.0 Å². The van der Waals surface area contributed by atoms with Crippen LogP contribution in [0.15, 0.2) is 0 Å². The van der Waals surface area contributed by atoms with Gasteiger partial charge in [-0.15, -0.1) is 0 Å². The predicted octanol–water partition coefficient (Wildman–Crippen LogP) is -1.96. The fraction of sp³-hybridized carbons (Fsp3) is 1.00. The Morgan fingerprint density at radius 3 is 1.88 bits per heavy atom. The molecule has 1 atom stereocenters. The molecule has 8 heavy (non-hydrogen) atoms. The van der Waals surface area contributed by atoms with E-state index in [4.69, 9.17) is 20.4 Å². The molecule has 0 amide bonds. The molecule has 0 aromatic rings. The van der Waals surface area contributed by atoms with Crippen molar-refractivity contribution in [3.63, 3.8) is 0 Å². The molecule has 0 fully saturated rings. The largest absolute Gasteiger partial charge is 0.393 e. The third-order valence-electron chi connectivity index (χ3n) is 0.876.